The maximum absolute atomic E-state index is 14.5. The fourth-order valence-electron chi connectivity index (χ4n) is 6.47. The van der Waals surface area contributed by atoms with Crippen molar-refractivity contribution in [2.75, 3.05) is 26.2 Å². The molecule has 1 heterocycles. The minimum atomic E-state index is -0.209. The number of fused-ring (bicyclic) bond motifs is 1. The summed E-state index contributed by atoms with van der Waals surface area (Å²) >= 11 is 4.69. The van der Waals surface area contributed by atoms with E-state index in [0.29, 0.717) is 6.61 Å². The summed E-state index contributed by atoms with van der Waals surface area (Å²) in [5.74, 6) is 1.89. The van der Waals surface area contributed by atoms with Gasteiger partial charge in [-0.3, -0.25) is 4.79 Å². The van der Waals surface area contributed by atoms with Gasteiger partial charge in [0.25, 0.3) is 0 Å². The predicted molar refractivity (Wildman–Crippen MR) is 213 cm³/mol. The first kappa shape index (κ1) is 39.3. The average Bonchev–Trinajstić information content (AvgIpc) is 3.43. The van der Waals surface area contributed by atoms with Crippen LogP contribution >= 0.6 is 45.2 Å². The number of benzene rings is 2. The Hall–Kier alpha value is -1.13. The highest BCUT2D eigenvalue weighted by Crippen LogP contribution is 2.39. The Morgan fingerprint density at radius 1 is 0.783 bits per heavy atom. The minimum absolute atomic E-state index is 0.206. The lowest BCUT2D eigenvalue weighted by molar-refractivity contribution is 0.0953. The SMILES string of the molecule is CCCCCCCCCCCCCCC(C(=O)c1cc(I)c(OCCN(CC)CC)c(I)c1)c1c(CCCC)oc2ccccc12. The molecule has 0 amide bonds. The van der Waals surface area contributed by atoms with E-state index in [-0.39, 0.29) is 11.7 Å². The molecule has 0 bridgehead atoms. The van der Waals surface area contributed by atoms with Crippen molar-refractivity contribution < 1.29 is 13.9 Å². The largest absolute Gasteiger partial charge is 0.490 e. The number of carbonyl (C=O) groups is 1. The molecule has 0 aliphatic rings. The van der Waals surface area contributed by atoms with Gasteiger partial charge >= 0.3 is 0 Å². The van der Waals surface area contributed by atoms with Gasteiger partial charge in [0.15, 0.2) is 5.78 Å². The molecule has 0 fully saturated rings. The molecule has 0 saturated carbocycles. The van der Waals surface area contributed by atoms with Crippen LogP contribution in [0.2, 0.25) is 0 Å². The van der Waals surface area contributed by atoms with Gasteiger partial charge in [0.2, 0.25) is 0 Å². The number of nitrogens with zero attached hydrogens (tertiary/aromatic N) is 1. The monoisotopic (exact) mass is 855 g/mol. The molecule has 0 N–H and O–H groups in total. The second kappa shape index (κ2) is 22.5. The maximum Gasteiger partial charge on any atom is 0.170 e. The first-order valence-electron chi connectivity index (χ1n) is 18.3. The summed E-state index contributed by atoms with van der Waals surface area (Å²) in [6, 6.07) is 12.4. The molecule has 1 aromatic heterocycles. The van der Waals surface area contributed by atoms with E-state index in [1.807, 2.05) is 18.2 Å². The van der Waals surface area contributed by atoms with Crippen molar-refractivity contribution in [2.45, 2.75) is 136 Å². The van der Waals surface area contributed by atoms with E-state index in [1.54, 1.807) is 0 Å². The zero-order valence-electron chi connectivity index (χ0n) is 29.1. The minimum Gasteiger partial charge on any atom is -0.490 e. The molecule has 1 unspecified atom stereocenters. The Kier molecular flexibility index (Phi) is 19.2. The molecule has 3 rings (SSSR count). The molecule has 4 nitrogen and oxygen atoms in total. The van der Waals surface area contributed by atoms with Gasteiger partial charge in [-0.05, 0) is 89.3 Å². The Balaban J connectivity index is 1.74. The average molecular weight is 856 g/mol. The number of hydrogen-bond donors (Lipinski definition) is 0. The third-order valence-electron chi connectivity index (χ3n) is 9.31. The van der Waals surface area contributed by atoms with Crippen LogP contribution in [0.25, 0.3) is 11.0 Å². The number of ketones is 1. The van der Waals surface area contributed by atoms with Crippen molar-refractivity contribution in [3.05, 3.63) is 60.4 Å². The normalized spacial score (nSPS) is 12.3. The summed E-state index contributed by atoms with van der Waals surface area (Å²) in [5, 5.41) is 1.10. The van der Waals surface area contributed by atoms with Gasteiger partial charge in [-0.2, -0.15) is 0 Å². The highest BCUT2D eigenvalue weighted by atomic mass is 127. The topological polar surface area (TPSA) is 42.7 Å². The fourth-order valence-corrected chi connectivity index (χ4v) is 8.55. The number of para-hydroxylation sites is 1. The fraction of sp³-hybridized carbons (Fsp3) is 0.625. The second-order valence-corrected chi connectivity index (χ2v) is 15.1. The van der Waals surface area contributed by atoms with Crippen molar-refractivity contribution in [1.82, 2.24) is 4.90 Å². The van der Waals surface area contributed by atoms with E-state index in [4.69, 9.17) is 9.15 Å². The smallest absolute Gasteiger partial charge is 0.170 e. The van der Waals surface area contributed by atoms with E-state index in [9.17, 15) is 4.79 Å². The highest BCUT2D eigenvalue weighted by molar-refractivity contribution is 14.1. The molecule has 46 heavy (non-hydrogen) atoms. The lowest BCUT2D eigenvalue weighted by Gasteiger charge is -2.20. The van der Waals surface area contributed by atoms with Crippen LogP contribution in [0.15, 0.2) is 40.8 Å². The number of unbranched alkanes of at least 4 members (excludes halogenated alkanes) is 12. The third-order valence-corrected chi connectivity index (χ3v) is 10.9. The molecular formula is C40H59I2NO3. The number of Topliss-reactive ketones (excluding diaryl/α,β-unsaturated/α-hetero) is 1. The lowest BCUT2D eigenvalue weighted by Crippen LogP contribution is -2.28. The van der Waals surface area contributed by atoms with Crippen LogP contribution in [0.4, 0.5) is 0 Å². The van der Waals surface area contributed by atoms with Crippen LogP contribution in [-0.2, 0) is 6.42 Å². The molecule has 3 aromatic rings. The van der Waals surface area contributed by atoms with Crippen LogP contribution in [-0.4, -0.2) is 36.9 Å². The van der Waals surface area contributed by atoms with Crippen molar-refractivity contribution in [3.63, 3.8) is 0 Å². The van der Waals surface area contributed by atoms with E-state index >= 15 is 0 Å². The summed E-state index contributed by atoms with van der Waals surface area (Å²) in [7, 11) is 0. The van der Waals surface area contributed by atoms with Crippen LogP contribution in [0.5, 0.6) is 5.75 Å². The van der Waals surface area contributed by atoms with Crippen molar-refractivity contribution >= 4 is 61.9 Å². The Bertz CT molecular complexity index is 1280. The van der Waals surface area contributed by atoms with Gasteiger partial charge in [-0.1, -0.05) is 129 Å². The van der Waals surface area contributed by atoms with Gasteiger partial charge in [0.05, 0.1) is 13.1 Å². The summed E-state index contributed by atoms with van der Waals surface area (Å²) in [6.07, 6.45) is 19.6. The summed E-state index contributed by atoms with van der Waals surface area (Å²) < 4.78 is 14.7. The first-order valence-corrected chi connectivity index (χ1v) is 20.5. The predicted octanol–water partition coefficient (Wildman–Crippen LogP) is 12.8. The molecule has 0 aliphatic heterocycles. The van der Waals surface area contributed by atoms with Gasteiger partial charge in [-0.15, -0.1) is 0 Å². The third kappa shape index (κ3) is 12.4. The molecule has 0 radical (unpaired) electrons. The summed E-state index contributed by atoms with van der Waals surface area (Å²) in [6.45, 7) is 12.4. The van der Waals surface area contributed by atoms with Crippen LogP contribution in [0.3, 0.4) is 0 Å². The molecule has 256 valence electrons. The van der Waals surface area contributed by atoms with Crippen molar-refractivity contribution in [2.24, 2.45) is 0 Å². The van der Waals surface area contributed by atoms with E-state index in [0.717, 1.165) is 92.5 Å². The molecule has 0 aliphatic carbocycles. The number of likely N-dealkylation sites (N-methyl/N-ethyl adjacent to an activating group) is 1. The van der Waals surface area contributed by atoms with Gasteiger partial charge in [-0.25, -0.2) is 0 Å². The number of furan rings is 1. The van der Waals surface area contributed by atoms with Crippen molar-refractivity contribution in [3.8, 4) is 5.75 Å². The van der Waals surface area contributed by atoms with Gasteiger partial charge < -0.3 is 14.1 Å². The van der Waals surface area contributed by atoms with E-state index < -0.39 is 0 Å². The Morgan fingerprint density at radius 3 is 1.93 bits per heavy atom. The van der Waals surface area contributed by atoms with Crippen LogP contribution < -0.4 is 4.74 Å². The second-order valence-electron chi connectivity index (χ2n) is 12.8. The summed E-state index contributed by atoms with van der Waals surface area (Å²) in [5.41, 5.74) is 2.81. The van der Waals surface area contributed by atoms with Crippen molar-refractivity contribution in [1.29, 1.82) is 0 Å². The van der Waals surface area contributed by atoms with E-state index in [2.05, 4.69) is 96.0 Å². The molecule has 0 saturated heterocycles. The van der Waals surface area contributed by atoms with E-state index in [1.165, 1.54) is 70.6 Å². The number of aryl methyl sites for hydroxylation is 1. The van der Waals surface area contributed by atoms with Gasteiger partial charge in [0, 0.05) is 29.5 Å². The number of ether oxygens (including phenoxy) is 1. The Labute approximate surface area is 307 Å². The number of carbonyl (C=O) groups excluding carboxylic acids is 1. The molecule has 2 aromatic carbocycles. The lowest BCUT2D eigenvalue weighted by atomic mass is 9.84. The van der Waals surface area contributed by atoms with Crippen LogP contribution in [0, 0.1) is 7.14 Å². The zero-order chi connectivity index (χ0) is 33.1. The molecule has 1 atom stereocenters. The van der Waals surface area contributed by atoms with Crippen LogP contribution in [0.1, 0.15) is 152 Å². The molecular weight excluding hydrogens is 796 g/mol. The highest BCUT2D eigenvalue weighted by Gasteiger charge is 2.29. The molecule has 0 spiro atoms. The number of hydrogen-bond acceptors (Lipinski definition) is 4. The zero-order valence-corrected chi connectivity index (χ0v) is 33.4. The standard InChI is InChI=1S/C40H59I2NO3/c1-5-9-11-12-13-14-15-16-17-18-19-20-24-33(38-32-23-21-22-26-36(32)46-37(38)25-10-6-2)39(44)31-29-34(41)40(35(42)30-31)45-28-27-43(7-3)8-4/h21-23,26,29-30,33H,5-20,24-25,27-28H2,1-4H3. The number of rotatable bonds is 25. The quantitative estimate of drug-likeness (QED) is 0.0484. The summed E-state index contributed by atoms with van der Waals surface area (Å²) in [4.78, 5) is 16.9. The number of halogens is 2. The maximum atomic E-state index is 14.5. The molecule has 6 heteroatoms. The first-order chi connectivity index (χ1) is 22.4. The Morgan fingerprint density at radius 2 is 1.35 bits per heavy atom. The van der Waals surface area contributed by atoms with Gasteiger partial charge in [0.1, 0.15) is 23.7 Å².